The van der Waals surface area contributed by atoms with Crippen LogP contribution in [0.5, 0.6) is 5.75 Å². The molecule has 0 bridgehead atoms. The zero-order valence-corrected chi connectivity index (χ0v) is 13.8. The number of rotatable bonds is 8. The Balaban J connectivity index is 1.61. The zero-order chi connectivity index (χ0) is 16.5. The average Bonchev–Trinajstić information content (AvgIpc) is 2.55. The van der Waals surface area contributed by atoms with Crippen LogP contribution >= 0.6 is 11.6 Å². The van der Waals surface area contributed by atoms with E-state index in [1.54, 1.807) is 24.3 Å². The van der Waals surface area contributed by atoms with Crippen LogP contribution in [0, 0.1) is 0 Å². The molecular weight excluding hydrogens is 314 g/mol. The molecule has 0 amide bonds. The van der Waals surface area contributed by atoms with Gasteiger partial charge in [0, 0.05) is 18.1 Å². The van der Waals surface area contributed by atoms with Crippen molar-refractivity contribution in [2.24, 2.45) is 0 Å². The summed E-state index contributed by atoms with van der Waals surface area (Å²) < 4.78 is 10.5. The molecule has 2 aromatic rings. The molecular formula is C18H20ClNO3. The topological polar surface area (TPSA) is 38.8 Å². The first-order valence-electron chi connectivity index (χ1n) is 7.40. The number of hydrogen-bond acceptors (Lipinski definition) is 4. The quantitative estimate of drug-likeness (QED) is 0.694. The molecule has 0 aliphatic heterocycles. The van der Waals surface area contributed by atoms with Crippen LogP contribution in [-0.2, 0) is 16.1 Å². The van der Waals surface area contributed by atoms with Crippen LogP contribution in [0.15, 0.2) is 54.6 Å². The number of benzene rings is 2. The standard InChI is InChI=1S/C18H20ClNO3/c1-20(13-15-5-3-2-4-6-15)11-12-22-18(21)14-23-17-9-7-16(19)8-10-17/h2-10H,11-14H2,1H3. The van der Waals surface area contributed by atoms with Crippen molar-refractivity contribution in [3.05, 3.63) is 65.2 Å². The fraction of sp³-hybridized carbons (Fsp3) is 0.278. The highest BCUT2D eigenvalue weighted by Crippen LogP contribution is 2.15. The van der Waals surface area contributed by atoms with Crippen LogP contribution in [0.4, 0.5) is 0 Å². The fourth-order valence-corrected chi connectivity index (χ4v) is 2.13. The first-order chi connectivity index (χ1) is 11.1. The van der Waals surface area contributed by atoms with Crippen molar-refractivity contribution in [3.63, 3.8) is 0 Å². The zero-order valence-electron chi connectivity index (χ0n) is 13.1. The minimum atomic E-state index is -0.381. The number of ether oxygens (including phenoxy) is 2. The van der Waals surface area contributed by atoms with Crippen molar-refractivity contribution in [2.75, 3.05) is 26.8 Å². The molecule has 122 valence electrons. The summed E-state index contributed by atoms with van der Waals surface area (Å²) in [6, 6.07) is 17.0. The number of carbonyl (C=O) groups excluding carboxylic acids is 1. The van der Waals surface area contributed by atoms with Crippen LogP contribution in [-0.4, -0.2) is 37.7 Å². The Hall–Kier alpha value is -2.04. The molecule has 0 saturated carbocycles. The summed E-state index contributed by atoms with van der Waals surface area (Å²) in [6.45, 7) is 1.72. The van der Waals surface area contributed by atoms with Crippen LogP contribution in [0.1, 0.15) is 5.56 Å². The summed E-state index contributed by atoms with van der Waals surface area (Å²) >= 11 is 5.78. The Morgan fingerprint density at radius 1 is 1.09 bits per heavy atom. The van der Waals surface area contributed by atoms with Gasteiger partial charge in [-0.05, 0) is 36.9 Å². The number of hydrogen-bond donors (Lipinski definition) is 0. The van der Waals surface area contributed by atoms with Crippen LogP contribution in [0.3, 0.4) is 0 Å². The third kappa shape index (κ3) is 6.72. The Morgan fingerprint density at radius 2 is 1.78 bits per heavy atom. The normalized spacial score (nSPS) is 10.6. The van der Waals surface area contributed by atoms with Gasteiger partial charge in [0.2, 0.25) is 0 Å². The number of nitrogens with zero attached hydrogens (tertiary/aromatic N) is 1. The second-order valence-electron chi connectivity index (χ2n) is 5.19. The smallest absolute Gasteiger partial charge is 0.344 e. The van der Waals surface area contributed by atoms with Gasteiger partial charge in [-0.25, -0.2) is 4.79 Å². The Bertz CT molecular complexity index is 601. The maximum Gasteiger partial charge on any atom is 0.344 e. The van der Waals surface area contributed by atoms with Crippen LogP contribution in [0.25, 0.3) is 0 Å². The van der Waals surface area contributed by atoms with E-state index >= 15 is 0 Å². The summed E-state index contributed by atoms with van der Waals surface area (Å²) in [5.41, 5.74) is 1.23. The van der Waals surface area contributed by atoms with Crippen molar-refractivity contribution >= 4 is 17.6 Å². The lowest BCUT2D eigenvalue weighted by atomic mass is 10.2. The maximum absolute atomic E-state index is 11.6. The summed E-state index contributed by atoms with van der Waals surface area (Å²) in [5, 5.41) is 0.626. The van der Waals surface area contributed by atoms with E-state index in [9.17, 15) is 4.79 Å². The molecule has 23 heavy (non-hydrogen) atoms. The van der Waals surface area contributed by atoms with Gasteiger partial charge >= 0.3 is 5.97 Å². The van der Waals surface area contributed by atoms with E-state index < -0.39 is 0 Å². The van der Waals surface area contributed by atoms with Gasteiger partial charge in [-0.15, -0.1) is 0 Å². The molecule has 0 atom stereocenters. The van der Waals surface area contributed by atoms with Gasteiger partial charge in [0.15, 0.2) is 6.61 Å². The molecule has 5 heteroatoms. The second-order valence-corrected chi connectivity index (χ2v) is 5.62. The summed E-state index contributed by atoms with van der Waals surface area (Å²) in [5.74, 6) is 0.209. The third-order valence-electron chi connectivity index (χ3n) is 3.20. The maximum atomic E-state index is 11.6. The molecule has 0 aliphatic rings. The number of carbonyl (C=O) groups is 1. The minimum Gasteiger partial charge on any atom is -0.482 e. The Labute approximate surface area is 141 Å². The number of esters is 1. The largest absolute Gasteiger partial charge is 0.482 e. The van der Waals surface area contributed by atoms with Crippen LogP contribution in [0.2, 0.25) is 5.02 Å². The molecule has 0 heterocycles. The monoisotopic (exact) mass is 333 g/mol. The lowest BCUT2D eigenvalue weighted by molar-refractivity contribution is -0.146. The van der Waals surface area contributed by atoms with E-state index in [-0.39, 0.29) is 12.6 Å². The van der Waals surface area contributed by atoms with Crippen molar-refractivity contribution < 1.29 is 14.3 Å². The third-order valence-corrected chi connectivity index (χ3v) is 3.45. The molecule has 0 unspecified atom stereocenters. The molecule has 2 aromatic carbocycles. The highest BCUT2D eigenvalue weighted by Gasteiger charge is 2.06. The Morgan fingerprint density at radius 3 is 2.48 bits per heavy atom. The summed E-state index contributed by atoms with van der Waals surface area (Å²) in [4.78, 5) is 13.7. The predicted molar refractivity (Wildman–Crippen MR) is 90.7 cm³/mol. The molecule has 0 saturated heterocycles. The van der Waals surface area contributed by atoms with E-state index in [4.69, 9.17) is 21.1 Å². The van der Waals surface area contributed by atoms with Gasteiger partial charge < -0.3 is 9.47 Å². The number of likely N-dealkylation sites (N-methyl/N-ethyl adjacent to an activating group) is 1. The van der Waals surface area contributed by atoms with Gasteiger partial charge in [0.05, 0.1) is 0 Å². The lowest BCUT2D eigenvalue weighted by Gasteiger charge is -2.16. The minimum absolute atomic E-state index is 0.107. The van der Waals surface area contributed by atoms with Crippen molar-refractivity contribution in [1.82, 2.24) is 4.90 Å². The Kier molecular flexibility index (Phi) is 6.91. The van der Waals surface area contributed by atoms with Crippen molar-refractivity contribution in [1.29, 1.82) is 0 Å². The lowest BCUT2D eigenvalue weighted by Crippen LogP contribution is -2.25. The van der Waals surface area contributed by atoms with Gasteiger partial charge in [-0.3, -0.25) is 4.90 Å². The van der Waals surface area contributed by atoms with E-state index in [1.165, 1.54) is 5.56 Å². The molecule has 0 N–H and O–H groups in total. The first kappa shape index (κ1) is 17.3. The van der Waals surface area contributed by atoms with E-state index in [0.717, 1.165) is 6.54 Å². The van der Waals surface area contributed by atoms with Gasteiger partial charge in [-0.2, -0.15) is 0 Å². The average molecular weight is 334 g/mol. The van der Waals surface area contributed by atoms with E-state index in [0.29, 0.717) is 23.9 Å². The molecule has 2 rings (SSSR count). The van der Waals surface area contributed by atoms with E-state index in [1.807, 2.05) is 25.2 Å². The van der Waals surface area contributed by atoms with Gasteiger partial charge in [0.1, 0.15) is 12.4 Å². The number of halogens is 1. The van der Waals surface area contributed by atoms with Crippen molar-refractivity contribution in [2.45, 2.75) is 6.54 Å². The fourth-order valence-electron chi connectivity index (χ4n) is 2.00. The molecule has 0 spiro atoms. The molecule has 4 nitrogen and oxygen atoms in total. The highest BCUT2D eigenvalue weighted by molar-refractivity contribution is 6.30. The molecule has 0 radical (unpaired) electrons. The predicted octanol–water partition coefficient (Wildman–Crippen LogP) is 3.39. The summed E-state index contributed by atoms with van der Waals surface area (Å²) in [6.07, 6.45) is 0. The highest BCUT2D eigenvalue weighted by atomic mass is 35.5. The van der Waals surface area contributed by atoms with E-state index in [2.05, 4.69) is 17.0 Å². The molecule has 0 aromatic heterocycles. The second kappa shape index (κ2) is 9.18. The molecule has 0 aliphatic carbocycles. The SMILES string of the molecule is CN(CCOC(=O)COc1ccc(Cl)cc1)Cc1ccccc1. The van der Waals surface area contributed by atoms with Gasteiger partial charge in [-0.1, -0.05) is 41.9 Å². The summed E-state index contributed by atoms with van der Waals surface area (Å²) in [7, 11) is 1.99. The van der Waals surface area contributed by atoms with Gasteiger partial charge in [0.25, 0.3) is 0 Å². The first-order valence-corrected chi connectivity index (χ1v) is 7.78. The molecule has 0 fully saturated rings. The van der Waals surface area contributed by atoms with Crippen LogP contribution < -0.4 is 4.74 Å². The van der Waals surface area contributed by atoms with Crippen molar-refractivity contribution in [3.8, 4) is 5.75 Å².